The summed E-state index contributed by atoms with van der Waals surface area (Å²) in [7, 11) is 3.66. The predicted molar refractivity (Wildman–Crippen MR) is 94.3 cm³/mol. The minimum atomic E-state index is -0.157. The van der Waals surface area contributed by atoms with Crippen molar-refractivity contribution >= 4 is 11.6 Å². The molecule has 0 aliphatic carbocycles. The predicted octanol–water partition coefficient (Wildman–Crippen LogP) is 1.92. The standard InChI is InChI=1S/C18H24N4O2/c1-22(12-7-15-4-9-19-10-5-15)16-6-11-20-17(14-16)18(23)21-8-3-13-24-2/h4-6,9-11,14H,3,7-8,12-13H2,1-2H3,(H,21,23). The average molecular weight is 328 g/mol. The highest BCUT2D eigenvalue weighted by Crippen LogP contribution is 2.13. The van der Waals surface area contributed by atoms with Gasteiger partial charge in [-0.15, -0.1) is 0 Å². The zero-order valence-corrected chi connectivity index (χ0v) is 14.2. The Balaban J connectivity index is 1.90. The lowest BCUT2D eigenvalue weighted by Crippen LogP contribution is -2.27. The number of rotatable bonds is 9. The fourth-order valence-corrected chi connectivity index (χ4v) is 2.27. The zero-order valence-electron chi connectivity index (χ0n) is 14.2. The molecular weight excluding hydrogens is 304 g/mol. The number of anilines is 1. The smallest absolute Gasteiger partial charge is 0.269 e. The minimum absolute atomic E-state index is 0.157. The van der Waals surface area contributed by atoms with E-state index in [-0.39, 0.29) is 5.91 Å². The summed E-state index contributed by atoms with van der Waals surface area (Å²) in [6.45, 7) is 2.06. The third-order valence-electron chi connectivity index (χ3n) is 3.71. The first-order chi connectivity index (χ1) is 11.7. The largest absolute Gasteiger partial charge is 0.385 e. The highest BCUT2D eigenvalue weighted by atomic mass is 16.5. The third-order valence-corrected chi connectivity index (χ3v) is 3.71. The normalized spacial score (nSPS) is 10.4. The van der Waals surface area contributed by atoms with Crippen molar-refractivity contribution in [2.75, 3.05) is 38.8 Å². The third kappa shape index (κ3) is 5.62. The van der Waals surface area contributed by atoms with Crippen molar-refractivity contribution in [3.8, 4) is 0 Å². The van der Waals surface area contributed by atoms with Crippen LogP contribution in [0.25, 0.3) is 0 Å². The first kappa shape index (κ1) is 17.9. The van der Waals surface area contributed by atoms with Crippen LogP contribution in [0.4, 0.5) is 5.69 Å². The van der Waals surface area contributed by atoms with Gasteiger partial charge in [0.15, 0.2) is 0 Å². The number of aromatic nitrogens is 2. The Morgan fingerprint density at radius 3 is 2.79 bits per heavy atom. The first-order valence-corrected chi connectivity index (χ1v) is 8.04. The lowest BCUT2D eigenvalue weighted by atomic mass is 10.2. The van der Waals surface area contributed by atoms with Gasteiger partial charge in [-0.05, 0) is 42.7 Å². The molecule has 0 saturated carbocycles. The molecule has 1 N–H and O–H groups in total. The van der Waals surface area contributed by atoms with Gasteiger partial charge in [0.1, 0.15) is 5.69 Å². The van der Waals surface area contributed by atoms with Gasteiger partial charge in [0, 0.05) is 58.1 Å². The topological polar surface area (TPSA) is 67.3 Å². The lowest BCUT2D eigenvalue weighted by Gasteiger charge is -2.19. The van der Waals surface area contributed by atoms with Crippen LogP contribution in [0.3, 0.4) is 0 Å². The lowest BCUT2D eigenvalue weighted by molar-refractivity contribution is 0.0943. The maximum Gasteiger partial charge on any atom is 0.269 e. The molecule has 0 radical (unpaired) electrons. The Hall–Kier alpha value is -2.47. The SMILES string of the molecule is COCCCNC(=O)c1cc(N(C)CCc2ccncc2)ccn1. The van der Waals surface area contributed by atoms with E-state index in [4.69, 9.17) is 4.74 Å². The Bertz CT molecular complexity index is 634. The van der Waals surface area contributed by atoms with E-state index >= 15 is 0 Å². The van der Waals surface area contributed by atoms with Gasteiger partial charge < -0.3 is 15.0 Å². The number of methoxy groups -OCH3 is 1. The minimum Gasteiger partial charge on any atom is -0.385 e. The second kappa shape index (κ2) is 9.62. The molecule has 0 bridgehead atoms. The molecule has 24 heavy (non-hydrogen) atoms. The molecule has 0 aliphatic rings. The van der Waals surface area contributed by atoms with Gasteiger partial charge in [-0.1, -0.05) is 0 Å². The molecule has 2 aromatic heterocycles. The number of carbonyl (C=O) groups excluding carboxylic acids is 1. The Morgan fingerprint density at radius 1 is 1.25 bits per heavy atom. The van der Waals surface area contributed by atoms with Crippen molar-refractivity contribution < 1.29 is 9.53 Å². The van der Waals surface area contributed by atoms with E-state index < -0.39 is 0 Å². The van der Waals surface area contributed by atoms with Crippen LogP contribution in [0.2, 0.25) is 0 Å². The summed E-state index contributed by atoms with van der Waals surface area (Å²) >= 11 is 0. The summed E-state index contributed by atoms with van der Waals surface area (Å²) in [5.74, 6) is -0.157. The summed E-state index contributed by atoms with van der Waals surface area (Å²) in [5, 5.41) is 2.85. The van der Waals surface area contributed by atoms with Gasteiger partial charge in [0.25, 0.3) is 5.91 Å². The molecule has 0 saturated heterocycles. The number of pyridine rings is 2. The van der Waals surface area contributed by atoms with Gasteiger partial charge in [0.05, 0.1) is 0 Å². The number of nitrogens with zero attached hydrogens (tertiary/aromatic N) is 3. The average Bonchev–Trinajstić information content (AvgIpc) is 2.64. The van der Waals surface area contributed by atoms with Crippen molar-refractivity contribution in [1.29, 1.82) is 0 Å². The zero-order chi connectivity index (χ0) is 17.2. The molecule has 2 rings (SSSR count). The molecule has 2 heterocycles. The fraction of sp³-hybridized carbons (Fsp3) is 0.389. The number of carbonyl (C=O) groups is 1. The van der Waals surface area contributed by atoms with Gasteiger partial charge >= 0.3 is 0 Å². The molecule has 0 spiro atoms. The van der Waals surface area contributed by atoms with E-state index in [1.54, 1.807) is 25.7 Å². The summed E-state index contributed by atoms with van der Waals surface area (Å²) in [6, 6.07) is 7.75. The van der Waals surface area contributed by atoms with Crippen molar-refractivity contribution in [2.45, 2.75) is 12.8 Å². The van der Waals surface area contributed by atoms with Crippen LogP contribution in [0, 0.1) is 0 Å². The molecule has 0 atom stereocenters. The Kier molecular flexibility index (Phi) is 7.17. The highest BCUT2D eigenvalue weighted by Gasteiger charge is 2.09. The van der Waals surface area contributed by atoms with Gasteiger partial charge in [-0.25, -0.2) is 0 Å². The van der Waals surface area contributed by atoms with E-state index in [1.165, 1.54) is 5.56 Å². The van der Waals surface area contributed by atoms with Crippen LogP contribution in [0.1, 0.15) is 22.5 Å². The molecule has 128 valence electrons. The summed E-state index contributed by atoms with van der Waals surface area (Å²) in [4.78, 5) is 22.4. The number of hydrogen-bond acceptors (Lipinski definition) is 5. The molecule has 6 nitrogen and oxygen atoms in total. The Morgan fingerprint density at radius 2 is 2.04 bits per heavy atom. The monoisotopic (exact) mass is 328 g/mol. The van der Waals surface area contributed by atoms with Gasteiger partial charge in [-0.2, -0.15) is 0 Å². The van der Waals surface area contributed by atoms with Crippen LogP contribution in [0.15, 0.2) is 42.9 Å². The van der Waals surface area contributed by atoms with Crippen LogP contribution in [-0.4, -0.2) is 49.7 Å². The van der Waals surface area contributed by atoms with Crippen molar-refractivity contribution in [2.24, 2.45) is 0 Å². The maximum absolute atomic E-state index is 12.1. The highest BCUT2D eigenvalue weighted by molar-refractivity contribution is 5.93. The van der Waals surface area contributed by atoms with Crippen molar-refractivity contribution in [3.63, 3.8) is 0 Å². The summed E-state index contributed by atoms with van der Waals surface area (Å²) in [5.41, 5.74) is 2.64. The number of amides is 1. The number of nitrogens with one attached hydrogen (secondary N) is 1. The van der Waals surface area contributed by atoms with E-state index in [0.29, 0.717) is 18.8 Å². The second-order valence-corrected chi connectivity index (χ2v) is 5.53. The van der Waals surface area contributed by atoms with Crippen molar-refractivity contribution in [3.05, 3.63) is 54.1 Å². The van der Waals surface area contributed by atoms with Crippen molar-refractivity contribution in [1.82, 2.24) is 15.3 Å². The quantitative estimate of drug-likeness (QED) is 0.712. The summed E-state index contributed by atoms with van der Waals surface area (Å²) < 4.78 is 4.97. The molecule has 6 heteroatoms. The number of hydrogen-bond donors (Lipinski definition) is 1. The maximum atomic E-state index is 12.1. The van der Waals surface area contributed by atoms with Crippen LogP contribution < -0.4 is 10.2 Å². The van der Waals surface area contributed by atoms with Crippen LogP contribution in [-0.2, 0) is 11.2 Å². The Labute approximate surface area is 142 Å². The fourth-order valence-electron chi connectivity index (χ4n) is 2.27. The molecular formula is C18H24N4O2. The molecule has 0 aromatic carbocycles. The van der Waals surface area contributed by atoms with E-state index in [1.807, 2.05) is 31.3 Å². The van der Waals surface area contributed by atoms with Gasteiger partial charge in [0.2, 0.25) is 0 Å². The molecule has 0 aliphatic heterocycles. The van der Waals surface area contributed by atoms with Gasteiger partial charge in [-0.3, -0.25) is 14.8 Å². The van der Waals surface area contributed by atoms with E-state index in [0.717, 1.165) is 25.1 Å². The number of likely N-dealkylation sites (N-methyl/N-ethyl adjacent to an activating group) is 1. The van der Waals surface area contributed by atoms with Crippen LogP contribution >= 0.6 is 0 Å². The van der Waals surface area contributed by atoms with Crippen LogP contribution in [0.5, 0.6) is 0 Å². The molecule has 1 amide bonds. The van der Waals surface area contributed by atoms with E-state index in [2.05, 4.69) is 20.2 Å². The number of ether oxygens (including phenoxy) is 1. The van der Waals surface area contributed by atoms with E-state index in [9.17, 15) is 4.79 Å². The molecule has 0 unspecified atom stereocenters. The first-order valence-electron chi connectivity index (χ1n) is 8.04. The summed E-state index contributed by atoms with van der Waals surface area (Å²) in [6.07, 6.45) is 6.97. The molecule has 2 aromatic rings. The second-order valence-electron chi connectivity index (χ2n) is 5.53. The molecule has 0 fully saturated rings.